The van der Waals surface area contributed by atoms with Crippen LogP contribution in [-0.2, 0) is 4.79 Å². The fourth-order valence-electron chi connectivity index (χ4n) is 1.52. The molecule has 0 aliphatic carbocycles. The van der Waals surface area contributed by atoms with Gasteiger partial charge < -0.3 is 15.2 Å². The Labute approximate surface area is 115 Å². The van der Waals surface area contributed by atoms with Crippen LogP contribution in [0, 0.1) is 0 Å². The topological polar surface area (TPSA) is 58.6 Å². The van der Waals surface area contributed by atoms with Crippen molar-refractivity contribution in [2.75, 3.05) is 6.54 Å². The molecule has 1 rings (SSSR count). The van der Waals surface area contributed by atoms with Gasteiger partial charge in [0.05, 0.1) is 6.10 Å². The summed E-state index contributed by atoms with van der Waals surface area (Å²) in [6.07, 6.45) is -1.24. The molecule has 0 aliphatic rings. The number of aliphatic hydroxyl groups excluding tert-OH is 1. The third-order valence-corrected chi connectivity index (χ3v) is 2.94. The van der Waals surface area contributed by atoms with E-state index < -0.39 is 12.2 Å². The summed E-state index contributed by atoms with van der Waals surface area (Å²) in [4.78, 5) is 11.6. The van der Waals surface area contributed by atoms with Crippen LogP contribution >= 0.6 is 15.9 Å². The minimum absolute atomic E-state index is 0.172. The van der Waals surface area contributed by atoms with Crippen LogP contribution in [0.25, 0.3) is 0 Å². The first-order chi connectivity index (χ1) is 8.45. The van der Waals surface area contributed by atoms with Crippen LogP contribution in [-0.4, -0.2) is 23.7 Å². The predicted octanol–water partition coefficient (Wildman–Crippen LogP) is 2.41. The number of nitrogens with one attached hydrogen (secondary N) is 1. The quantitative estimate of drug-likeness (QED) is 0.877. The van der Waals surface area contributed by atoms with Gasteiger partial charge in [0.15, 0.2) is 6.10 Å². The normalized spacial score (nSPS) is 13.8. The molecule has 1 amide bonds. The molecule has 0 bridgehead atoms. The Kier molecular flexibility index (Phi) is 5.62. The molecule has 1 aromatic carbocycles. The van der Waals surface area contributed by atoms with Crippen molar-refractivity contribution in [3.8, 4) is 5.75 Å². The molecule has 18 heavy (non-hydrogen) atoms. The Morgan fingerprint density at radius 1 is 1.50 bits per heavy atom. The van der Waals surface area contributed by atoms with Crippen LogP contribution in [0.1, 0.15) is 32.4 Å². The van der Waals surface area contributed by atoms with Crippen molar-refractivity contribution >= 4 is 21.8 Å². The lowest BCUT2D eigenvalue weighted by Gasteiger charge is -2.18. The average Bonchev–Trinajstić information content (AvgIpc) is 2.28. The maximum Gasteiger partial charge on any atom is 0.260 e. The standard InChI is InChI=1S/C13H18BrNO3/c1-4-15-13(17)9(3)18-12-7-10(14)5-6-11(12)8(2)16/h5-9,16H,4H2,1-3H3,(H,15,17). The Hall–Kier alpha value is -1.07. The summed E-state index contributed by atoms with van der Waals surface area (Å²) in [6, 6.07) is 5.35. The molecule has 0 fully saturated rings. The molecule has 100 valence electrons. The van der Waals surface area contributed by atoms with E-state index in [4.69, 9.17) is 4.74 Å². The molecule has 0 spiro atoms. The molecular formula is C13H18BrNO3. The Morgan fingerprint density at radius 3 is 2.72 bits per heavy atom. The van der Waals surface area contributed by atoms with Crippen LogP contribution < -0.4 is 10.1 Å². The van der Waals surface area contributed by atoms with E-state index in [1.54, 1.807) is 26.0 Å². The highest BCUT2D eigenvalue weighted by atomic mass is 79.9. The smallest absolute Gasteiger partial charge is 0.260 e. The number of hydrogen-bond acceptors (Lipinski definition) is 3. The molecule has 2 atom stereocenters. The third kappa shape index (κ3) is 3.99. The van der Waals surface area contributed by atoms with Crippen LogP contribution in [0.2, 0.25) is 0 Å². The third-order valence-electron chi connectivity index (χ3n) is 2.45. The molecule has 0 saturated carbocycles. The van der Waals surface area contributed by atoms with E-state index in [0.717, 1.165) is 4.47 Å². The minimum atomic E-state index is -0.644. The molecule has 4 nitrogen and oxygen atoms in total. The van der Waals surface area contributed by atoms with Gasteiger partial charge in [-0.15, -0.1) is 0 Å². The molecule has 0 radical (unpaired) electrons. The number of carbonyl (C=O) groups is 1. The van der Waals surface area contributed by atoms with E-state index in [9.17, 15) is 9.90 Å². The molecule has 1 aromatic rings. The number of ether oxygens (including phenoxy) is 1. The van der Waals surface area contributed by atoms with Crippen molar-refractivity contribution in [3.05, 3.63) is 28.2 Å². The predicted molar refractivity (Wildman–Crippen MR) is 73.5 cm³/mol. The maximum atomic E-state index is 11.6. The summed E-state index contributed by atoms with van der Waals surface area (Å²) in [5.41, 5.74) is 0.661. The van der Waals surface area contributed by atoms with E-state index in [0.29, 0.717) is 17.9 Å². The second kappa shape index (κ2) is 6.75. The molecule has 0 saturated heterocycles. The van der Waals surface area contributed by atoms with Gasteiger partial charge in [-0.2, -0.15) is 0 Å². The Balaban J connectivity index is 2.88. The first-order valence-electron chi connectivity index (χ1n) is 5.87. The van der Waals surface area contributed by atoms with Crippen LogP contribution in [0.3, 0.4) is 0 Å². The van der Waals surface area contributed by atoms with E-state index in [2.05, 4.69) is 21.2 Å². The zero-order valence-electron chi connectivity index (χ0n) is 10.7. The maximum absolute atomic E-state index is 11.6. The summed E-state index contributed by atoms with van der Waals surface area (Å²) >= 11 is 3.34. The second-order valence-electron chi connectivity index (χ2n) is 4.01. The number of likely N-dealkylation sites (N-methyl/N-ethyl adjacent to an activating group) is 1. The van der Waals surface area contributed by atoms with E-state index >= 15 is 0 Å². The molecule has 5 heteroatoms. The summed E-state index contributed by atoms with van der Waals surface area (Å²) in [5, 5.41) is 12.3. The molecular weight excluding hydrogens is 298 g/mol. The number of rotatable bonds is 5. The highest BCUT2D eigenvalue weighted by Gasteiger charge is 2.17. The van der Waals surface area contributed by atoms with Crippen molar-refractivity contribution < 1.29 is 14.6 Å². The first kappa shape index (κ1) is 15.0. The van der Waals surface area contributed by atoms with Crippen LogP contribution in [0.15, 0.2) is 22.7 Å². The lowest BCUT2D eigenvalue weighted by Crippen LogP contribution is -2.36. The summed E-state index contributed by atoms with van der Waals surface area (Å²) in [5.74, 6) is 0.340. The second-order valence-corrected chi connectivity index (χ2v) is 4.93. The number of carbonyl (C=O) groups excluding carboxylic acids is 1. The van der Waals surface area contributed by atoms with Gasteiger partial charge in [0, 0.05) is 16.6 Å². The molecule has 2 N–H and O–H groups in total. The summed E-state index contributed by atoms with van der Waals surface area (Å²) < 4.78 is 6.44. The molecule has 0 aromatic heterocycles. The van der Waals surface area contributed by atoms with Crippen molar-refractivity contribution in [2.45, 2.75) is 33.0 Å². The number of aliphatic hydroxyl groups is 1. The van der Waals surface area contributed by atoms with Crippen molar-refractivity contribution in [1.29, 1.82) is 0 Å². The fourth-order valence-corrected chi connectivity index (χ4v) is 1.86. The largest absolute Gasteiger partial charge is 0.480 e. The Morgan fingerprint density at radius 2 is 2.17 bits per heavy atom. The van der Waals surface area contributed by atoms with Crippen molar-refractivity contribution in [2.24, 2.45) is 0 Å². The van der Waals surface area contributed by atoms with Crippen LogP contribution in [0.5, 0.6) is 5.75 Å². The van der Waals surface area contributed by atoms with E-state index in [1.807, 2.05) is 13.0 Å². The zero-order chi connectivity index (χ0) is 13.7. The number of halogens is 1. The van der Waals surface area contributed by atoms with E-state index in [1.165, 1.54) is 0 Å². The number of amides is 1. The van der Waals surface area contributed by atoms with Gasteiger partial charge in [-0.3, -0.25) is 4.79 Å². The number of hydrogen-bond donors (Lipinski definition) is 2. The van der Waals surface area contributed by atoms with Gasteiger partial charge in [-0.1, -0.05) is 22.0 Å². The molecule has 0 heterocycles. The van der Waals surface area contributed by atoms with Crippen molar-refractivity contribution in [1.82, 2.24) is 5.32 Å². The van der Waals surface area contributed by atoms with Gasteiger partial charge in [0.1, 0.15) is 5.75 Å². The highest BCUT2D eigenvalue weighted by Crippen LogP contribution is 2.29. The molecule has 2 unspecified atom stereocenters. The average molecular weight is 316 g/mol. The van der Waals surface area contributed by atoms with Gasteiger partial charge in [-0.25, -0.2) is 0 Å². The zero-order valence-corrected chi connectivity index (χ0v) is 12.3. The first-order valence-corrected chi connectivity index (χ1v) is 6.66. The van der Waals surface area contributed by atoms with Crippen LogP contribution in [0.4, 0.5) is 0 Å². The summed E-state index contributed by atoms with van der Waals surface area (Å²) in [7, 11) is 0. The SMILES string of the molecule is CCNC(=O)C(C)Oc1cc(Br)ccc1C(C)O. The molecule has 0 aliphatic heterocycles. The summed E-state index contributed by atoms with van der Waals surface area (Å²) in [6.45, 7) is 5.75. The lowest BCUT2D eigenvalue weighted by molar-refractivity contribution is -0.127. The Bertz CT molecular complexity index is 421. The van der Waals surface area contributed by atoms with Gasteiger partial charge in [0.25, 0.3) is 5.91 Å². The fraction of sp³-hybridized carbons (Fsp3) is 0.462. The van der Waals surface area contributed by atoms with Gasteiger partial charge in [0.2, 0.25) is 0 Å². The van der Waals surface area contributed by atoms with Gasteiger partial charge >= 0.3 is 0 Å². The minimum Gasteiger partial charge on any atom is -0.480 e. The van der Waals surface area contributed by atoms with E-state index in [-0.39, 0.29) is 5.91 Å². The number of benzene rings is 1. The lowest BCUT2D eigenvalue weighted by atomic mass is 10.1. The van der Waals surface area contributed by atoms with Gasteiger partial charge in [-0.05, 0) is 32.9 Å². The van der Waals surface area contributed by atoms with Crippen molar-refractivity contribution in [3.63, 3.8) is 0 Å². The monoisotopic (exact) mass is 315 g/mol. The highest BCUT2D eigenvalue weighted by molar-refractivity contribution is 9.10.